The van der Waals surface area contributed by atoms with E-state index in [1.165, 1.54) is 51.8 Å². The van der Waals surface area contributed by atoms with Crippen LogP contribution in [0.2, 0.25) is 0 Å². The number of carbonyl (C=O) groups excluding carboxylic acids is 9. The van der Waals surface area contributed by atoms with E-state index in [4.69, 9.17) is 9.90 Å². The zero-order valence-electron chi connectivity index (χ0n) is 30.2. The topological polar surface area (TPSA) is 280 Å². The lowest BCUT2D eigenvalue weighted by Crippen LogP contribution is -2.29. The van der Waals surface area contributed by atoms with Crippen molar-refractivity contribution in [3.63, 3.8) is 0 Å². The molecule has 0 fully saturated rings. The minimum absolute atomic E-state index is 0.204. The van der Waals surface area contributed by atoms with E-state index in [0.29, 0.717) is 32.7 Å². The van der Waals surface area contributed by atoms with Gasteiger partial charge in [-0.15, -0.1) is 0 Å². The van der Waals surface area contributed by atoms with Gasteiger partial charge in [0.05, 0.1) is 13.2 Å². The van der Waals surface area contributed by atoms with Crippen LogP contribution in [-0.2, 0) is 47.8 Å². The molecule has 0 aromatic rings. The molecule has 18 heteroatoms. The standard InChI is InChI=1S/C9H14O.2C6H7NO2.C4H3NO2.2C3H7NO2.C2H4O2/c1-7-4-8(10)6-9(2,3)5-7;2*1-2-7-5(8)3-4-6(7)9;6-3-1-2-4(7)5-3;2*1-2-6-3(4)5;1-2(3)4/h4H,5-6H2,1-3H3;2*3-4H,2H2,1H3;1-2H,(H,5,6,7);2*2H2,1H3,(H2,4,5);1H3,(H,3,4). The number of carbonyl (C=O) groups is 10. The second kappa shape index (κ2) is 26.9. The molecule has 51 heavy (non-hydrogen) atoms. The van der Waals surface area contributed by atoms with Crippen molar-refractivity contribution in [2.24, 2.45) is 16.9 Å². The van der Waals surface area contributed by atoms with Gasteiger partial charge < -0.3 is 26.0 Å². The summed E-state index contributed by atoms with van der Waals surface area (Å²) in [4.78, 5) is 104. The third-order valence-corrected chi connectivity index (χ3v) is 5.46. The average molecular weight is 724 g/mol. The molecule has 6 N–H and O–H groups in total. The predicted octanol–water partition coefficient (Wildman–Crippen LogP) is 1.68. The van der Waals surface area contributed by atoms with Crippen LogP contribution in [0, 0.1) is 5.41 Å². The van der Waals surface area contributed by atoms with Gasteiger partial charge in [-0.3, -0.25) is 53.5 Å². The van der Waals surface area contributed by atoms with E-state index in [2.05, 4.69) is 34.8 Å². The van der Waals surface area contributed by atoms with Crippen LogP contribution in [0.15, 0.2) is 48.1 Å². The molecule has 3 heterocycles. The van der Waals surface area contributed by atoms with Crippen molar-refractivity contribution < 1.29 is 62.5 Å². The van der Waals surface area contributed by atoms with Gasteiger partial charge in [0.15, 0.2) is 5.78 Å². The highest BCUT2D eigenvalue weighted by Crippen LogP contribution is 2.32. The summed E-state index contributed by atoms with van der Waals surface area (Å²) < 4.78 is 8.36. The molecule has 0 aromatic carbocycles. The van der Waals surface area contributed by atoms with Crippen LogP contribution in [0.3, 0.4) is 0 Å². The van der Waals surface area contributed by atoms with E-state index in [0.717, 1.165) is 13.3 Å². The van der Waals surface area contributed by atoms with Crippen LogP contribution < -0.4 is 16.8 Å². The van der Waals surface area contributed by atoms with E-state index < -0.39 is 18.2 Å². The molecule has 4 aliphatic rings. The molecule has 0 bridgehead atoms. The number of ether oxygens (including phenoxy) is 2. The first-order valence-corrected chi connectivity index (χ1v) is 15.4. The number of aliphatic carboxylic acids is 1. The molecule has 0 spiro atoms. The molecular formula is C33H49N5O13. The van der Waals surface area contributed by atoms with Gasteiger partial charge in [0, 0.05) is 62.9 Å². The van der Waals surface area contributed by atoms with E-state index in [-0.39, 0.29) is 46.6 Å². The fourth-order valence-electron chi connectivity index (χ4n) is 3.79. The van der Waals surface area contributed by atoms with Crippen molar-refractivity contribution >= 4 is 59.4 Å². The van der Waals surface area contributed by atoms with E-state index >= 15 is 0 Å². The van der Waals surface area contributed by atoms with Gasteiger partial charge in [-0.05, 0) is 52.5 Å². The predicted molar refractivity (Wildman–Crippen MR) is 183 cm³/mol. The Balaban J connectivity index is -0.000000536. The van der Waals surface area contributed by atoms with Crippen molar-refractivity contribution in [3.05, 3.63) is 48.1 Å². The number of rotatable bonds is 4. The smallest absolute Gasteiger partial charge is 0.404 e. The number of likely N-dealkylation sites (N-methyl/N-ethyl adjacent to an activating group) is 2. The molecule has 0 unspecified atom stereocenters. The zero-order chi connectivity index (χ0) is 40.3. The number of amides is 8. The lowest BCUT2D eigenvalue weighted by Gasteiger charge is -2.27. The molecule has 4 rings (SSSR count). The van der Waals surface area contributed by atoms with Gasteiger partial charge in [0.1, 0.15) is 0 Å². The van der Waals surface area contributed by atoms with Gasteiger partial charge in [0.25, 0.3) is 41.4 Å². The molecule has 284 valence electrons. The lowest BCUT2D eigenvalue weighted by molar-refractivity contribution is -0.138. The molecule has 0 saturated carbocycles. The Kier molecular flexibility index (Phi) is 26.1. The highest BCUT2D eigenvalue weighted by molar-refractivity contribution is 6.13. The maximum Gasteiger partial charge on any atom is 0.404 e. The Bertz CT molecular complexity index is 1280. The maximum atomic E-state index is 11.0. The first-order valence-electron chi connectivity index (χ1n) is 15.4. The first-order chi connectivity index (χ1) is 23.6. The fourth-order valence-corrected chi connectivity index (χ4v) is 3.79. The number of carboxylic acid groups (broad SMARTS) is 1. The summed E-state index contributed by atoms with van der Waals surface area (Å²) in [6.45, 7) is 16.0. The second-order valence-electron chi connectivity index (χ2n) is 10.7. The van der Waals surface area contributed by atoms with Crippen LogP contribution in [0.4, 0.5) is 9.59 Å². The number of hydrogen-bond acceptors (Lipinski definition) is 12. The van der Waals surface area contributed by atoms with Gasteiger partial charge in [0.2, 0.25) is 0 Å². The number of nitrogens with zero attached hydrogens (tertiary/aromatic N) is 2. The number of ketones is 1. The molecule has 18 nitrogen and oxygen atoms in total. The lowest BCUT2D eigenvalue weighted by atomic mass is 9.77. The minimum atomic E-state index is -0.833. The van der Waals surface area contributed by atoms with Crippen molar-refractivity contribution in [3.8, 4) is 0 Å². The molecule has 0 radical (unpaired) electrons. The monoisotopic (exact) mass is 723 g/mol. The number of nitrogens with one attached hydrogen (secondary N) is 1. The van der Waals surface area contributed by atoms with Crippen LogP contribution in [-0.4, -0.2) is 101 Å². The number of nitrogens with two attached hydrogens (primary N) is 2. The van der Waals surface area contributed by atoms with E-state index in [1.54, 1.807) is 33.8 Å². The molecule has 0 saturated heterocycles. The summed E-state index contributed by atoms with van der Waals surface area (Å²) in [5.74, 6) is -2.03. The number of allylic oxidation sites excluding steroid dienone is 2. The SMILES string of the molecule is CC(=O)O.CC1=CC(=O)CC(C)(C)C1.CCN1C(=O)C=CC1=O.CCN1C(=O)C=CC1=O.CCOC(N)=O.CCOC(N)=O.O=C1C=CC(=O)N1. The summed E-state index contributed by atoms with van der Waals surface area (Å²) in [5.41, 5.74) is 10.5. The highest BCUT2D eigenvalue weighted by Gasteiger charge is 2.25. The Labute approximate surface area is 296 Å². The maximum absolute atomic E-state index is 11.0. The summed E-state index contributed by atoms with van der Waals surface area (Å²) in [6, 6.07) is 0. The third-order valence-electron chi connectivity index (χ3n) is 5.46. The summed E-state index contributed by atoms with van der Waals surface area (Å²) in [6.07, 6.45) is 9.66. The van der Waals surface area contributed by atoms with E-state index in [1.807, 2.05) is 12.2 Å². The fraction of sp³-hybridized carbons (Fsp3) is 0.455. The molecular weight excluding hydrogens is 674 g/mol. The van der Waals surface area contributed by atoms with Crippen molar-refractivity contribution in [2.45, 2.75) is 68.2 Å². The summed E-state index contributed by atoms with van der Waals surface area (Å²) in [7, 11) is 0. The second-order valence-corrected chi connectivity index (χ2v) is 10.7. The van der Waals surface area contributed by atoms with E-state index in [9.17, 15) is 43.2 Å². The van der Waals surface area contributed by atoms with Crippen molar-refractivity contribution in [1.82, 2.24) is 15.1 Å². The van der Waals surface area contributed by atoms with Gasteiger partial charge in [-0.2, -0.15) is 0 Å². The minimum Gasteiger partial charge on any atom is -0.481 e. The van der Waals surface area contributed by atoms with Crippen molar-refractivity contribution in [2.75, 3.05) is 26.3 Å². The zero-order valence-corrected chi connectivity index (χ0v) is 30.2. The Morgan fingerprint density at radius 1 is 0.706 bits per heavy atom. The van der Waals surface area contributed by atoms with Gasteiger partial charge in [-0.25, -0.2) is 9.59 Å². The average Bonchev–Trinajstić information content (AvgIpc) is 3.64. The Morgan fingerprint density at radius 2 is 1.02 bits per heavy atom. The first kappa shape index (κ1) is 49.4. The van der Waals surface area contributed by atoms with Crippen molar-refractivity contribution in [1.29, 1.82) is 0 Å². The number of carboxylic acids is 1. The molecule has 1 aliphatic carbocycles. The number of imide groups is 3. The number of primary amides is 2. The molecule has 8 amide bonds. The Hall–Kier alpha value is -5.94. The van der Waals surface area contributed by atoms with Gasteiger partial charge >= 0.3 is 12.2 Å². The third kappa shape index (κ3) is 27.7. The molecule has 0 aromatic heterocycles. The molecule has 3 aliphatic heterocycles. The van der Waals surface area contributed by atoms with Gasteiger partial charge in [-0.1, -0.05) is 19.4 Å². The largest absolute Gasteiger partial charge is 0.481 e. The summed E-state index contributed by atoms with van der Waals surface area (Å²) in [5, 5.41) is 9.44. The summed E-state index contributed by atoms with van der Waals surface area (Å²) >= 11 is 0. The highest BCUT2D eigenvalue weighted by atomic mass is 16.5. The Morgan fingerprint density at radius 3 is 1.16 bits per heavy atom. The normalized spacial score (nSPS) is 15.7. The van der Waals surface area contributed by atoms with Crippen LogP contribution in [0.5, 0.6) is 0 Å². The van der Waals surface area contributed by atoms with Crippen LogP contribution >= 0.6 is 0 Å². The number of hydrogen-bond donors (Lipinski definition) is 4. The van der Waals surface area contributed by atoms with Crippen LogP contribution in [0.1, 0.15) is 68.2 Å². The quantitative estimate of drug-likeness (QED) is 0.301. The molecule has 0 atom stereocenters. The van der Waals surface area contributed by atoms with Crippen LogP contribution in [0.25, 0.3) is 0 Å².